The monoisotopic (exact) mass is 570 g/mol. The Morgan fingerprint density at radius 1 is 1.20 bits per heavy atom. The number of carbonyl (C=O) groups is 3. The highest BCUT2D eigenvalue weighted by Gasteiger charge is 2.64. The molecule has 1 heterocycles. The van der Waals surface area contributed by atoms with E-state index in [0.717, 1.165) is 30.8 Å². The number of rotatable bonds is 7. The van der Waals surface area contributed by atoms with Crippen LogP contribution in [0.3, 0.4) is 0 Å². The van der Waals surface area contributed by atoms with Gasteiger partial charge in [-0.25, -0.2) is 0 Å². The number of aliphatic hydroxyl groups excluding tert-OH is 2. The Hall–Kier alpha value is -3.45. The van der Waals surface area contributed by atoms with Gasteiger partial charge in [0.25, 0.3) is 5.91 Å². The maximum absolute atomic E-state index is 14.0. The number of nitrogens with one attached hydrogen (secondary N) is 1. The third kappa shape index (κ3) is 4.40. The number of aromatic hydroxyl groups is 1. The second kappa shape index (κ2) is 10.4. The fourth-order valence-electron chi connectivity index (χ4n) is 7.21. The molecule has 41 heavy (non-hydrogen) atoms. The lowest BCUT2D eigenvalue weighted by atomic mass is 9.57. The molecule has 0 spiro atoms. The Kier molecular flexibility index (Phi) is 7.39. The fourth-order valence-corrected chi connectivity index (χ4v) is 7.21. The van der Waals surface area contributed by atoms with E-state index in [2.05, 4.69) is 5.32 Å². The van der Waals surface area contributed by atoms with Crippen LogP contribution in [0.4, 0.5) is 5.69 Å². The molecule has 0 radical (unpaired) electrons. The maximum atomic E-state index is 14.0. The average molecular weight is 571 g/mol. The SMILES string of the molecule is CN(C)c1c(CNCC2CCOC2)cc(O)c2c1C[C@H]1C[C@H]3[C@H](N(C)C)C(=O)C(C(N)=O)=C(O)[C@@]3(O)C(=O)C1=C2O. The first-order chi connectivity index (χ1) is 19.3. The maximum Gasteiger partial charge on any atom is 0.255 e. The van der Waals surface area contributed by atoms with Crippen molar-refractivity contribution in [1.29, 1.82) is 0 Å². The van der Waals surface area contributed by atoms with Gasteiger partial charge in [-0.1, -0.05) is 0 Å². The van der Waals surface area contributed by atoms with Crippen LogP contribution in [0.15, 0.2) is 23.0 Å². The van der Waals surface area contributed by atoms with Gasteiger partial charge in [-0.05, 0) is 62.4 Å². The zero-order valence-electron chi connectivity index (χ0n) is 23.7. The number of anilines is 1. The number of phenols is 1. The number of ether oxygens (including phenoxy) is 1. The van der Waals surface area contributed by atoms with Crippen LogP contribution in [0.1, 0.15) is 29.5 Å². The predicted octanol–water partition coefficient (Wildman–Crippen LogP) is 0.156. The fraction of sp³-hybridized carbons (Fsp3) is 0.552. The number of hydrogen-bond acceptors (Lipinski definition) is 11. The minimum absolute atomic E-state index is 0.0452. The van der Waals surface area contributed by atoms with Crippen LogP contribution in [0.5, 0.6) is 5.75 Å². The van der Waals surface area contributed by atoms with Crippen molar-refractivity contribution in [2.45, 2.75) is 37.5 Å². The lowest BCUT2D eigenvalue weighted by Crippen LogP contribution is -2.65. The molecular formula is C29H38N4O8. The summed E-state index contributed by atoms with van der Waals surface area (Å²) in [6, 6.07) is 0.433. The summed E-state index contributed by atoms with van der Waals surface area (Å²) in [6.07, 6.45) is 1.26. The molecule has 2 fully saturated rings. The van der Waals surface area contributed by atoms with E-state index < -0.39 is 58.0 Å². The van der Waals surface area contributed by atoms with Crippen molar-refractivity contribution in [2.75, 3.05) is 52.8 Å². The van der Waals surface area contributed by atoms with Crippen LogP contribution in [0, 0.1) is 17.8 Å². The second-order valence-electron chi connectivity index (χ2n) is 12.0. The topological polar surface area (TPSA) is 186 Å². The molecule has 0 aromatic heterocycles. The quantitative estimate of drug-likeness (QED) is 0.245. The molecule has 1 saturated carbocycles. The smallest absolute Gasteiger partial charge is 0.255 e. The molecule has 222 valence electrons. The Labute approximate surface area is 238 Å². The van der Waals surface area contributed by atoms with Crippen LogP contribution >= 0.6 is 0 Å². The van der Waals surface area contributed by atoms with Crippen LogP contribution in [0.25, 0.3) is 5.76 Å². The molecule has 5 atom stereocenters. The number of ketones is 2. The molecule has 1 amide bonds. The van der Waals surface area contributed by atoms with Crippen molar-refractivity contribution in [3.05, 3.63) is 39.7 Å². The molecule has 1 saturated heterocycles. The summed E-state index contributed by atoms with van der Waals surface area (Å²) in [5.74, 6) is -6.20. The lowest BCUT2D eigenvalue weighted by Gasteiger charge is -2.50. The van der Waals surface area contributed by atoms with Gasteiger partial charge in [0.2, 0.25) is 5.78 Å². The van der Waals surface area contributed by atoms with Crippen molar-refractivity contribution in [2.24, 2.45) is 23.5 Å². The van der Waals surface area contributed by atoms with Gasteiger partial charge in [0.05, 0.1) is 18.2 Å². The van der Waals surface area contributed by atoms with Gasteiger partial charge in [-0.15, -0.1) is 0 Å². The zero-order valence-corrected chi connectivity index (χ0v) is 23.7. The van der Waals surface area contributed by atoms with Gasteiger partial charge < -0.3 is 41.1 Å². The van der Waals surface area contributed by atoms with Crippen molar-refractivity contribution >= 4 is 28.9 Å². The van der Waals surface area contributed by atoms with Gasteiger partial charge in [0.1, 0.15) is 22.8 Å². The number of benzene rings is 1. The van der Waals surface area contributed by atoms with E-state index in [4.69, 9.17) is 10.5 Å². The van der Waals surface area contributed by atoms with Crippen molar-refractivity contribution < 1.29 is 39.5 Å². The number of hydrogen-bond donors (Lipinski definition) is 6. The number of aliphatic hydroxyl groups is 3. The first-order valence-electron chi connectivity index (χ1n) is 13.8. The summed E-state index contributed by atoms with van der Waals surface area (Å²) < 4.78 is 5.45. The number of likely N-dealkylation sites (N-methyl/N-ethyl adjacent to an activating group) is 1. The van der Waals surface area contributed by atoms with E-state index in [9.17, 15) is 34.8 Å². The van der Waals surface area contributed by atoms with Crippen LogP contribution < -0.4 is 16.0 Å². The van der Waals surface area contributed by atoms with Crippen molar-refractivity contribution in [1.82, 2.24) is 10.2 Å². The summed E-state index contributed by atoms with van der Waals surface area (Å²) in [5, 5.41) is 48.8. The van der Waals surface area contributed by atoms with Crippen LogP contribution in [-0.2, 0) is 32.1 Å². The second-order valence-corrected chi connectivity index (χ2v) is 12.0. The van der Waals surface area contributed by atoms with E-state index in [-0.39, 0.29) is 29.7 Å². The lowest BCUT2D eigenvalue weighted by molar-refractivity contribution is -0.153. The number of amides is 1. The standard InChI is InChI=1S/C29H38N4O8/c1-32(2)22-15(11-31-10-13-5-6-41-12-13)9-18(34)20-16(22)7-14-8-17-23(33(3)4)25(36)21(28(30)39)27(38)29(17,40)26(37)19(14)24(20)35/h9,13-14,17,23,31,34-35,38,40H,5-8,10-12H2,1-4H3,(H2,30,39)/t13?,14-,17-,23-,29-/m0/s1. The predicted molar refractivity (Wildman–Crippen MR) is 149 cm³/mol. The largest absolute Gasteiger partial charge is 0.508 e. The van der Waals surface area contributed by atoms with Crippen LogP contribution in [-0.4, -0.2) is 102 Å². The number of primary amides is 1. The average Bonchev–Trinajstić information content (AvgIpc) is 3.39. The number of nitrogens with zero attached hydrogens (tertiary/aromatic N) is 2. The highest BCUT2D eigenvalue weighted by atomic mass is 16.5. The first-order valence-corrected chi connectivity index (χ1v) is 13.8. The van der Waals surface area contributed by atoms with E-state index in [1.807, 2.05) is 19.0 Å². The molecule has 12 heteroatoms. The van der Waals surface area contributed by atoms with E-state index in [0.29, 0.717) is 24.6 Å². The van der Waals surface area contributed by atoms with Gasteiger partial charge in [0.15, 0.2) is 11.4 Å². The normalized spacial score (nSPS) is 29.5. The Morgan fingerprint density at radius 3 is 2.49 bits per heavy atom. The summed E-state index contributed by atoms with van der Waals surface area (Å²) in [4.78, 5) is 42.8. The Balaban J connectivity index is 1.61. The minimum atomic E-state index is -2.65. The van der Waals surface area contributed by atoms with Crippen molar-refractivity contribution in [3.63, 3.8) is 0 Å². The summed E-state index contributed by atoms with van der Waals surface area (Å²) in [6.45, 7) is 2.66. The molecule has 4 aliphatic rings. The third-order valence-electron chi connectivity index (χ3n) is 8.99. The number of Topliss-reactive ketones (excluding diaryl/α,β-unsaturated/α-hetero) is 2. The molecule has 5 rings (SSSR count). The molecular weight excluding hydrogens is 532 g/mol. The van der Waals surface area contributed by atoms with Gasteiger partial charge in [-0.3, -0.25) is 19.3 Å². The molecule has 7 N–H and O–H groups in total. The number of nitrogens with two attached hydrogens (primary N) is 1. The molecule has 3 aliphatic carbocycles. The highest BCUT2D eigenvalue weighted by Crippen LogP contribution is 2.54. The molecule has 1 aromatic carbocycles. The molecule has 1 aliphatic heterocycles. The third-order valence-corrected chi connectivity index (χ3v) is 8.99. The van der Waals surface area contributed by atoms with Crippen LogP contribution in [0.2, 0.25) is 0 Å². The minimum Gasteiger partial charge on any atom is -0.508 e. The van der Waals surface area contributed by atoms with Gasteiger partial charge in [-0.2, -0.15) is 0 Å². The van der Waals surface area contributed by atoms with Gasteiger partial charge in [0, 0.05) is 51.0 Å². The molecule has 1 unspecified atom stereocenters. The van der Waals surface area contributed by atoms with E-state index in [1.165, 1.54) is 4.90 Å². The number of fused-ring (bicyclic) bond motifs is 3. The molecule has 1 aromatic rings. The van der Waals surface area contributed by atoms with E-state index >= 15 is 0 Å². The Morgan fingerprint density at radius 2 is 1.90 bits per heavy atom. The molecule has 0 bridgehead atoms. The highest BCUT2D eigenvalue weighted by molar-refractivity contribution is 6.24. The van der Waals surface area contributed by atoms with Gasteiger partial charge >= 0.3 is 0 Å². The number of carbonyl (C=O) groups excluding carboxylic acids is 3. The summed E-state index contributed by atoms with van der Waals surface area (Å²) in [5.41, 5.74) is 4.05. The molecule has 12 nitrogen and oxygen atoms in total. The van der Waals surface area contributed by atoms with Crippen molar-refractivity contribution in [3.8, 4) is 5.75 Å². The number of phenolic OH excluding ortho intramolecular Hbond substituents is 1. The summed E-state index contributed by atoms with van der Waals surface area (Å²) in [7, 11) is 6.87. The van der Waals surface area contributed by atoms with E-state index in [1.54, 1.807) is 20.2 Å². The zero-order chi connectivity index (χ0) is 30.0. The summed E-state index contributed by atoms with van der Waals surface area (Å²) >= 11 is 0. The first kappa shape index (κ1) is 29.1. The Bertz CT molecular complexity index is 1380.